The van der Waals surface area contributed by atoms with Gasteiger partial charge in [-0.2, -0.15) is 0 Å². The third-order valence-electron chi connectivity index (χ3n) is 0.940. The number of hydrogen-bond acceptors (Lipinski definition) is 1. The molecule has 0 aliphatic rings. The summed E-state index contributed by atoms with van der Waals surface area (Å²) in [4.78, 5) is 21.6. The van der Waals surface area contributed by atoms with Gasteiger partial charge in [0.2, 0.25) is 0 Å². The van der Waals surface area contributed by atoms with E-state index in [2.05, 4.69) is 29.8 Å². The van der Waals surface area contributed by atoms with Crippen LogP contribution in [-0.4, -0.2) is 32.4 Å². The Morgan fingerprint density at radius 1 is 1.08 bits per heavy atom. The first kappa shape index (κ1) is 11.9. The first-order chi connectivity index (χ1) is 5.39. The monoisotopic (exact) mass is 182 g/mol. The topological polar surface area (TPSA) is 77.8 Å². The summed E-state index contributed by atoms with van der Waals surface area (Å²) in [5.41, 5.74) is 0. The van der Waals surface area contributed by atoms with Crippen molar-refractivity contribution in [3.8, 4) is 0 Å². The van der Waals surface area contributed by atoms with Crippen LogP contribution in [0.3, 0.4) is 0 Å². The van der Waals surface area contributed by atoms with Gasteiger partial charge in [-0.15, -0.1) is 0 Å². The molecule has 0 spiro atoms. The molecular weight excluding hydrogens is 174 g/mol. The van der Waals surface area contributed by atoms with Crippen LogP contribution < -0.4 is 4.24 Å². The number of phosphoric acid groups is 1. The molecule has 6 heteroatoms. The van der Waals surface area contributed by atoms with Crippen LogP contribution in [0, 0.1) is 0 Å². The van der Waals surface area contributed by atoms with Gasteiger partial charge in [0, 0.05) is 0 Å². The van der Waals surface area contributed by atoms with E-state index in [1.54, 1.807) is 0 Å². The van der Waals surface area contributed by atoms with E-state index in [0.29, 0.717) is 0 Å². The van der Waals surface area contributed by atoms with Gasteiger partial charge in [0.25, 0.3) is 0 Å². The first-order valence-electron chi connectivity index (χ1n) is 3.19. The standard InChI is InChI=1S/C6H5.Li.H3O4P/c1-2-4-6-5-3-1;;1-5(2,3)4/h1-5H;;(H3,1,2,3,4). The van der Waals surface area contributed by atoms with Crippen molar-refractivity contribution in [2.24, 2.45) is 0 Å². The Balaban J connectivity index is 0.000000217. The summed E-state index contributed by atoms with van der Waals surface area (Å²) < 4.78 is 10.2. The van der Waals surface area contributed by atoms with Gasteiger partial charge < -0.3 is 14.7 Å². The molecule has 1 aromatic rings. The van der Waals surface area contributed by atoms with Crippen molar-refractivity contribution in [1.29, 1.82) is 0 Å². The normalized spacial score (nSPS) is 10.1. The van der Waals surface area contributed by atoms with Crippen LogP contribution in [0.1, 0.15) is 0 Å². The molecule has 0 aliphatic carbocycles. The molecule has 0 fully saturated rings. The van der Waals surface area contributed by atoms with Gasteiger partial charge in [-0.05, 0) is 0 Å². The molecule has 0 amide bonds. The average Bonchev–Trinajstić information content (AvgIpc) is 1.85. The Labute approximate surface area is 79.7 Å². The molecule has 0 aliphatic heterocycles. The third kappa shape index (κ3) is 12.6. The molecule has 0 bridgehead atoms. The van der Waals surface area contributed by atoms with Gasteiger partial charge in [0.1, 0.15) is 0 Å². The Bertz CT molecular complexity index is 249. The Morgan fingerprint density at radius 3 is 1.58 bits per heavy atom. The second-order valence-corrected chi connectivity index (χ2v) is 3.19. The molecule has 0 atom stereocenters. The van der Waals surface area contributed by atoms with Gasteiger partial charge in [0.15, 0.2) is 0 Å². The van der Waals surface area contributed by atoms with Crippen molar-refractivity contribution in [3.05, 3.63) is 30.3 Å². The Kier molecular flexibility index (Phi) is 5.52. The van der Waals surface area contributed by atoms with Crippen molar-refractivity contribution in [3.63, 3.8) is 0 Å². The summed E-state index contributed by atoms with van der Waals surface area (Å²) >= 11 is 2.08. The van der Waals surface area contributed by atoms with E-state index in [-0.39, 0.29) is 0 Å². The zero-order valence-electron chi connectivity index (χ0n) is 6.58. The first-order valence-corrected chi connectivity index (χ1v) is 4.76. The fourth-order valence-corrected chi connectivity index (χ4v) is 0.534. The van der Waals surface area contributed by atoms with Gasteiger partial charge in [-0.3, -0.25) is 0 Å². The van der Waals surface area contributed by atoms with E-state index in [1.807, 2.05) is 18.2 Å². The van der Waals surface area contributed by atoms with Crippen LogP contribution in [0.15, 0.2) is 30.3 Å². The fraction of sp³-hybridized carbons (Fsp3) is 0. The minimum absolute atomic E-state index is 1.32. The van der Waals surface area contributed by atoms with Crippen LogP contribution in [0.5, 0.6) is 0 Å². The molecular formula is C6H8LiO4P. The van der Waals surface area contributed by atoms with E-state index in [0.717, 1.165) is 0 Å². The van der Waals surface area contributed by atoms with Gasteiger partial charge >= 0.3 is 60.1 Å². The molecule has 12 heavy (non-hydrogen) atoms. The summed E-state index contributed by atoms with van der Waals surface area (Å²) in [5.74, 6) is 0. The van der Waals surface area contributed by atoms with Crippen molar-refractivity contribution in [2.75, 3.05) is 0 Å². The average molecular weight is 182 g/mol. The van der Waals surface area contributed by atoms with Crippen LogP contribution in [0.4, 0.5) is 0 Å². The predicted octanol–water partition coefficient (Wildman–Crippen LogP) is -0.448. The van der Waals surface area contributed by atoms with Gasteiger partial charge in [0.05, 0.1) is 0 Å². The molecule has 0 heterocycles. The SMILES string of the molecule is O=P(O)(O)O.[Li][c]1ccccc1. The molecule has 0 aromatic heterocycles. The number of benzene rings is 1. The molecule has 0 unspecified atom stereocenters. The maximum atomic E-state index is 8.88. The number of rotatable bonds is 0. The molecule has 1 aromatic carbocycles. The molecule has 1 rings (SSSR count). The fourth-order valence-electron chi connectivity index (χ4n) is 0.534. The van der Waals surface area contributed by atoms with Crippen LogP contribution in [-0.2, 0) is 4.57 Å². The minimum atomic E-state index is -4.64. The number of hydrogen-bond donors (Lipinski definition) is 3. The molecule has 4 nitrogen and oxygen atoms in total. The summed E-state index contributed by atoms with van der Waals surface area (Å²) in [6.07, 6.45) is 0. The van der Waals surface area contributed by atoms with E-state index >= 15 is 0 Å². The van der Waals surface area contributed by atoms with Crippen molar-refractivity contribution >= 4 is 29.8 Å². The van der Waals surface area contributed by atoms with Gasteiger partial charge in [-0.1, -0.05) is 0 Å². The molecule has 3 N–H and O–H groups in total. The maximum absolute atomic E-state index is 8.88. The Hall–Kier alpha value is -0.0726. The van der Waals surface area contributed by atoms with E-state index in [1.165, 1.54) is 4.24 Å². The summed E-state index contributed by atoms with van der Waals surface area (Å²) in [6, 6.07) is 10.3. The molecule has 0 saturated carbocycles. The zero-order chi connectivity index (χ0) is 9.61. The van der Waals surface area contributed by atoms with Crippen molar-refractivity contribution in [1.82, 2.24) is 0 Å². The van der Waals surface area contributed by atoms with E-state index in [4.69, 9.17) is 19.2 Å². The predicted molar refractivity (Wildman–Crippen MR) is 46.1 cm³/mol. The van der Waals surface area contributed by atoms with E-state index in [9.17, 15) is 0 Å². The van der Waals surface area contributed by atoms with Crippen LogP contribution in [0.25, 0.3) is 0 Å². The second-order valence-electron chi connectivity index (χ2n) is 2.17. The summed E-state index contributed by atoms with van der Waals surface area (Å²) in [7, 11) is -4.64. The molecule has 0 saturated heterocycles. The zero-order valence-corrected chi connectivity index (χ0v) is 7.48. The van der Waals surface area contributed by atoms with Crippen LogP contribution >= 0.6 is 7.82 Å². The van der Waals surface area contributed by atoms with Gasteiger partial charge in [-0.25, -0.2) is 4.57 Å². The molecule has 0 radical (unpaired) electrons. The van der Waals surface area contributed by atoms with Crippen molar-refractivity contribution in [2.45, 2.75) is 0 Å². The summed E-state index contributed by atoms with van der Waals surface area (Å²) in [5, 5.41) is 0. The Morgan fingerprint density at radius 2 is 1.42 bits per heavy atom. The quantitative estimate of drug-likeness (QED) is 0.375. The van der Waals surface area contributed by atoms with Crippen LogP contribution in [0.2, 0.25) is 0 Å². The third-order valence-corrected chi connectivity index (χ3v) is 0.940. The van der Waals surface area contributed by atoms with Crippen molar-refractivity contribution < 1.29 is 19.2 Å². The second kappa shape index (κ2) is 5.55. The molecule has 62 valence electrons. The van der Waals surface area contributed by atoms with E-state index < -0.39 is 7.82 Å². The summed E-state index contributed by atoms with van der Waals surface area (Å²) in [6.45, 7) is 0.